The van der Waals surface area contributed by atoms with Crippen LogP contribution in [0.3, 0.4) is 0 Å². The van der Waals surface area contributed by atoms with Gasteiger partial charge in [-0.3, -0.25) is 10.1 Å². The van der Waals surface area contributed by atoms with Gasteiger partial charge in [0.15, 0.2) is 17.4 Å². The molecule has 0 fully saturated rings. The largest absolute Gasteiger partial charge is 0.503 e. The first-order chi connectivity index (χ1) is 8.49. The molecule has 0 unspecified atom stereocenters. The molecule has 0 aliphatic carbocycles. The van der Waals surface area contributed by atoms with Crippen LogP contribution in [0.5, 0.6) is 5.75 Å². The molecule has 2 aromatic carbocycles. The van der Waals surface area contributed by atoms with E-state index in [-0.39, 0.29) is 11.3 Å². The van der Waals surface area contributed by atoms with Gasteiger partial charge in [-0.25, -0.2) is 8.78 Å². The third-order valence-corrected chi connectivity index (χ3v) is 2.43. The van der Waals surface area contributed by atoms with E-state index >= 15 is 0 Å². The number of phenols is 1. The monoisotopic (exact) mass is 251 g/mol. The van der Waals surface area contributed by atoms with Gasteiger partial charge in [-0.1, -0.05) is 0 Å². The molecular weight excluding hydrogens is 244 g/mol. The molecule has 0 saturated carbocycles. The van der Waals surface area contributed by atoms with Gasteiger partial charge in [0.25, 0.3) is 5.69 Å². The van der Waals surface area contributed by atoms with Crippen molar-refractivity contribution in [3.63, 3.8) is 0 Å². The number of benzene rings is 2. The van der Waals surface area contributed by atoms with E-state index < -0.39 is 22.3 Å². The Balaban J connectivity index is 2.46. The summed E-state index contributed by atoms with van der Waals surface area (Å²) in [5, 5.41) is 19.4. The molecule has 4 nitrogen and oxygen atoms in total. The van der Waals surface area contributed by atoms with E-state index in [1.807, 2.05) is 0 Å². The lowest BCUT2D eigenvalue weighted by Crippen LogP contribution is -1.89. The third kappa shape index (κ3) is 2.13. The summed E-state index contributed by atoms with van der Waals surface area (Å²) in [5.41, 5.74) is 0.495. The molecule has 0 aromatic heterocycles. The number of nitro benzene ring substituents is 1. The Morgan fingerprint density at radius 3 is 1.94 bits per heavy atom. The molecule has 18 heavy (non-hydrogen) atoms. The van der Waals surface area contributed by atoms with Gasteiger partial charge in [-0.15, -0.1) is 0 Å². The van der Waals surface area contributed by atoms with Crippen molar-refractivity contribution in [2.24, 2.45) is 0 Å². The van der Waals surface area contributed by atoms with Gasteiger partial charge in [0.1, 0.15) is 0 Å². The molecule has 0 atom stereocenters. The molecule has 0 saturated heterocycles. The fourth-order valence-electron chi connectivity index (χ4n) is 1.51. The van der Waals surface area contributed by atoms with Crippen LogP contribution >= 0.6 is 0 Å². The fraction of sp³-hybridized carbons (Fsp3) is 0. The number of rotatable bonds is 2. The van der Waals surface area contributed by atoms with Crippen molar-refractivity contribution in [2.45, 2.75) is 0 Å². The van der Waals surface area contributed by atoms with Gasteiger partial charge < -0.3 is 5.11 Å². The van der Waals surface area contributed by atoms with E-state index in [1.165, 1.54) is 24.3 Å². The van der Waals surface area contributed by atoms with Crippen LogP contribution in [0, 0.1) is 21.7 Å². The average Bonchev–Trinajstić information content (AvgIpc) is 2.35. The fourth-order valence-corrected chi connectivity index (χ4v) is 1.51. The van der Waals surface area contributed by atoms with Crippen LogP contribution in [-0.4, -0.2) is 10.0 Å². The van der Waals surface area contributed by atoms with Crippen LogP contribution in [0.1, 0.15) is 0 Å². The molecule has 0 aliphatic rings. The van der Waals surface area contributed by atoms with Crippen LogP contribution < -0.4 is 0 Å². The van der Waals surface area contributed by atoms with Crippen molar-refractivity contribution in [2.75, 3.05) is 0 Å². The lowest BCUT2D eigenvalue weighted by molar-refractivity contribution is -0.384. The SMILES string of the molecule is O=[N+]([O-])c1ccc(-c2cc(F)c(O)c(F)c2)cc1. The number of hydrogen-bond donors (Lipinski definition) is 1. The molecular formula is C12H7F2NO3. The van der Waals surface area contributed by atoms with Crippen molar-refractivity contribution in [1.82, 2.24) is 0 Å². The molecule has 92 valence electrons. The maximum atomic E-state index is 13.1. The molecule has 0 amide bonds. The zero-order valence-corrected chi connectivity index (χ0v) is 8.93. The first-order valence-electron chi connectivity index (χ1n) is 4.92. The molecule has 0 radical (unpaired) electrons. The van der Waals surface area contributed by atoms with E-state index in [4.69, 9.17) is 5.11 Å². The lowest BCUT2D eigenvalue weighted by Gasteiger charge is -2.04. The zero-order chi connectivity index (χ0) is 13.3. The molecule has 0 aliphatic heterocycles. The number of hydrogen-bond acceptors (Lipinski definition) is 3. The molecule has 2 rings (SSSR count). The first kappa shape index (κ1) is 12.0. The van der Waals surface area contributed by atoms with Gasteiger partial charge in [0.05, 0.1) is 4.92 Å². The summed E-state index contributed by atoms with van der Waals surface area (Å²) in [4.78, 5) is 9.89. The standard InChI is InChI=1S/C12H7F2NO3/c13-10-5-8(6-11(14)12(10)16)7-1-3-9(4-2-7)15(17)18/h1-6,16H. The summed E-state index contributed by atoms with van der Waals surface area (Å²) in [6.45, 7) is 0. The number of halogens is 2. The molecule has 0 heterocycles. The highest BCUT2D eigenvalue weighted by Crippen LogP contribution is 2.28. The number of non-ortho nitro benzene ring substituents is 1. The van der Waals surface area contributed by atoms with Crippen molar-refractivity contribution in [3.05, 3.63) is 58.1 Å². The predicted octanol–water partition coefficient (Wildman–Crippen LogP) is 3.25. The van der Waals surface area contributed by atoms with E-state index in [0.29, 0.717) is 5.56 Å². The zero-order valence-electron chi connectivity index (χ0n) is 8.93. The van der Waals surface area contributed by atoms with Gasteiger partial charge in [0, 0.05) is 12.1 Å². The van der Waals surface area contributed by atoms with Crippen LogP contribution in [-0.2, 0) is 0 Å². The molecule has 1 N–H and O–H groups in total. The average molecular weight is 251 g/mol. The van der Waals surface area contributed by atoms with E-state index in [2.05, 4.69) is 0 Å². The van der Waals surface area contributed by atoms with Crippen molar-refractivity contribution in [1.29, 1.82) is 0 Å². The highest BCUT2D eigenvalue weighted by atomic mass is 19.1. The minimum Gasteiger partial charge on any atom is -0.503 e. The minimum absolute atomic E-state index is 0.113. The van der Waals surface area contributed by atoms with Crippen molar-refractivity contribution < 1.29 is 18.8 Å². The third-order valence-electron chi connectivity index (χ3n) is 2.43. The van der Waals surface area contributed by atoms with Gasteiger partial charge >= 0.3 is 0 Å². The normalized spacial score (nSPS) is 10.3. The summed E-state index contributed by atoms with van der Waals surface area (Å²) < 4.78 is 26.3. The second-order valence-corrected chi connectivity index (χ2v) is 3.59. The quantitative estimate of drug-likeness (QED) is 0.658. The van der Waals surface area contributed by atoms with E-state index in [0.717, 1.165) is 12.1 Å². The number of phenolic OH excluding ortho intramolecular Hbond substituents is 1. The number of nitro groups is 1. The van der Waals surface area contributed by atoms with Gasteiger partial charge in [-0.05, 0) is 35.4 Å². The second-order valence-electron chi connectivity index (χ2n) is 3.59. The lowest BCUT2D eigenvalue weighted by atomic mass is 10.0. The van der Waals surface area contributed by atoms with Gasteiger partial charge in [0.2, 0.25) is 0 Å². The Kier molecular flexibility index (Phi) is 2.93. The summed E-state index contributed by atoms with van der Waals surface area (Å²) in [6.07, 6.45) is 0. The summed E-state index contributed by atoms with van der Waals surface area (Å²) in [7, 11) is 0. The van der Waals surface area contributed by atoms with E-state index in [1.54, 1.807) is 0 Å². The topological polar surface area (TPSA) is 63.4 Å². The van der Waals surface area contributed by atoms with Crippen LogP contribution in [0.4, 0.5) is 14.5 Å². The summed E-state index contributed by atoms with van der Waals surface area (Å²) in [6, 6.07) is 7.14. The summed E-state index contributed by atoms with van der Waals surface area (Å²) >= 11 is 0. The van der Waals surface area contributed by atoms with Gasteiger partial charge in [-0.2, -0.15) is 0 Å². The minimum atomic E-state index is -1.08. The van der Waals surface area contributed by atoms with Crippen LogP contribution in [0.15, 0.2) is 36.4 Å². The predicted molar refractivity (Wildman–Crippen MR) is 60.1 cm³/mol. The Bertz CT molecular complexity index is 588. The molecule has 0 spiro atoms. The van der Waals surface area contributed by atoms with Crippen LogP contribution in [0.25, 0.3) is 11.1 Å². The molecule has 6 heteroatoms. The Labute approximate surface area is 100 Å². The smallest absolute Gasteiger partial charge is 0.269 e. The van der Waals surface area contributed by atoms with Crippen molar-refractivity contribution in [3.8, 4) is 16.9 Å². The Morgan fingerprint density at radius 2 is 1.50 bits per heavy atom. The maximum Gasteiger partial charge on any atom is 0.269 e. The highest BCUT2D eigenvalue weighted by Gasteiger charge is 2.11. The summed E-state index contributed by atoms with van der Waals surface area (Å²) in [5.74, 6) is -3.20. The maximum absolute atomic E-state index is 13.1. The Morgan fingerprint density at radius 1 is 1.00 bits per heavy atom. The molecule has 0 bridgehead atoms. The van der Waals surface area contributed by atoms with Crippen LogP contribution in [0.2, 0.25) is 0 Å². The van der Waals surface area contributed by atoms with Crippen molar-refractivity contribution >= 4 is 5.69 Å². The first-order valence-corrected chi connectivity index (χ1v) is 4.92. The highest BCUT2D eigenvalue weighted by molar-refractivity contribution is 5.65. The Hall–Kier alpha value is -2.50. The van der Waals surface area contributed by atoms with E-state index in [9.17, 15) is 18.9 Å². The second kappa shape index (κ2) is 4.40. The molecule has 2 aromatic rings. The number of aromatic hydroxyl groups is 1. The number of nitrogens with zero attached hydrogens (tertiary/aromatic N) is 1.